The van der Waals surface area contributed by atoms with E-state index in [1.807, 2.05) is 31.2 Å². The number of benzene rings is 1. The normalized spacial score (nSPS) is 21.3. The Hall–Kier alpha value is -1.26. The molecule has 0 bridgehead atoms. The van der Waals surface area contributed by atoms with Gasteiger partial charge in [0, 0.05) is 19.2 Å². The molecular weight excluding hydrogens is 242 g/mol. The number of rotatable bonds is 6. The Bertz CT molecular complexity index is 395. The van der Waals surface area contributed by atoms with Gasteiger partial charge in [0.15, 0.2) is 0 Å². The minimum Gasteiger partial charge on any atom is -0.497 e. The van der Waals surface area contributed by atoms with Crippen molar-refractivity contribution in [3.63, 3.8) is 0 Å². The topological polar surface area (TPSA) is 41.9 Å². The number of methoxy groups -OCH3 is 1. The van der Waals surface area contributed by atoms with Crippen LogP contribution in [0.3, 0.4) is 0 Å². The standard InChI is InChI=1S/C15H23NO3/c1-12(17)13-6-7-16(11-13)8-9-19-15-5-3-4-14(10-15)18-2/h3-5,10,12-13,17H,6-9,11H2,1-2H3. The van der Waals surface area contributed by atoms with E-state index in [1.165, 1.54) is 0 Å². The lowest BCUT2D eigenvalue weighted by atomic mass is 10.0. The summed E-state index contributed by atoms with van der Waals surface area (Å²) in [5.41, 5.74) is 0. The van der Waals surface area contributed by atoms with Gasteiger partial charge in [0.2, 0.25) is 0 Å². The Balaban J connectivity index is 1.72. The van der Waals surface area contributed by atoms with Crippen molar-refractivity contribution in [3.8, 4) is 11.5 Å². The minimum absolute atomic E-state index is 0.204. The molecule has 2 atom stereocenters. The summed E-state index contributed by atoms with van der Waals surface area (Å²) < 4.78 is 10.9. The predicted molar refractivity (Wildman–Crippen MR) is 74.7 cm³/mol. The molecule has 4 nitrogen and oxygen atoms in total. The molecule has 1 heterocycles. The average Bonchev–Trinajstić information content (AvgIpc) is 2.88. The molecule has 4 heteroatoms. The van der Waals surface area contributed by atoms with Crippen molar-refractivity contribution in [3.05, 3.63) is 24.3 Å². The summed E-state index contributed by atoms with van der Waals surface area (Å²) in [4.78, 5) is 2.34. The van der Waals surface area contributed by atoms with Gasteiger partial charge in [0.05, 0.1) is 13.2 Å². The number of hydrogen-bond acceptors (Lipinski definition) is 4. The number of ether oxygens (including phenoxy) is 2. The number of hydrogen-bond donors (Lipinski definition) is 1. The summed E-state index contributed by atoms with van der Waals surface area (Å²) in [6.07, 6.45) is 0.876. The lowest BCUT2D eigenvalue weighted by molar-refractivity contribution is 0.125. The van der Waals surface area contributed by atoms with Crippen LogP contribution in [0.1, 0.15) is 13.3 Å². The quantitative estimate of drug-likeness (QED) is 0.851. The molecule has 19 heavy (non-hydrogen) atoms. The monoisotopic (exact) mass is 265 g/mol. The first-order chi connectivity index (χ1) is 9.19. The van der Waals surface area contributed by atoms with E-state index in [0.717, 1.165) is 37.6 Å². The van der Waals surface area contributed by atoms with E-state index >= 15 is 0 Å². The summed E-state index contributed by atoms with van der Waals surface area (Å²) in [6, 6.07) is 7.65. The third-order valence-electron chi connectivity index (χ3n) is 3.71. The second-order valence-corrected chi connectivity index (χ2v) is 5.12. The Morgan fingerprint density at radius 1 is 1.42 bits per heavy atom. The molecule has 0 radical (unpaired) electrons. The molecule has 0 amide bonds. The molecule has 2 rings (SSSR count). The Morgan fingerprint density at radius 2 is 2.21 bits per heavy atom. The van der Waals surface area contributed by atoms with Gasteiger partial charge in [0.1, 0.15) is 18.1 Å². The molecule has 106 valence electrons. The van der Waals surface area contributed by atoms with Crippen LogP contribution in [0.5, 0.6) is 11.5 Å². The lowest BCUT2D eigenvalue weighted by Gasteiger charge is -2.17. The first-order valence-corrected chi connectivity index (χ1v) is 6.86. The molecule has 1 aromatic carbocycles. The molecule has 1 aromatic rings. The lowest BCUT2D eigenvalue weighted by Crippen LogP contribution is -2.28. The van der Waals surface area contributed by atoms with Crippen LogP contribution in [0.15, 0.2) is 24.3 Å². The maximum atomic E-state index is 9.56. The summed E-state index contributed by atoms with van der Waals surface area (Å²) in [7, 11) is 1.65. The minimum atomic E-state index is -0.204. The van der Waals surface area contributed by atoms with Gasteiger partial charge in [-0.3, -0.25) is 4.90 Å². The van der Waals surface area contributed by atoms with Crippen LogP contribution in [-0.2, 0) is 0 Å². The highest BCUT2D eigenvalue weighted by Gasteiger charge is 2.25. The fourth-order valence-corrected chi connectivity index (χ4v) is 2.44. The van der Waals surface area contributed by atoms with Crippen LogP contribution < -0.4 is 9.47 Å². The largest absolute Gasteiger partial charge is 0.497 e. The second kappa shape index (κ2) is 6.78. The zero-order chi connectivity index (χ0) is 13.7. The Kier molecular flexibility index (Phi) is 5.05. The van der Waals surface area contributed by atoms with Crippen molar-refractivity contribution in [2.45, 2.75) is 19.4 Å². The summed E-state index contributed by atoms with van der Waals surface area (Å²) in [5.74, 6) is 2.07. The van der Waals surface area contributed by atoms with Crippen LogP contribution in [0.25, 0.3) is 0 Å². The van der Waals surface area contributed by atoms with Crippen LogP contribution in [-0.4, -0.2) is 49.5 Å². The molecule has 1 aliphatic heterocycles. The zero-order valence-corrected chi connectivity index (χ0v) is 11.7. The summed E-state index contributed by atoms with van der Waals surface area (Å²) >= 11 is 0. The smallest absolute Gasteiger partial charge is 0.123 e. The van der Waals surface area contributed by atoms with E-state index in [4.69, 9.17) is 9.47 Å². The molecule has 1 aliphatic rings. The van der Waals surface area contributed by atoms with Gasteiger partial charge >= 0.3 is 0 Å². The van der Waals surface area contributed by atoms with Gasteiger partial charge in [-0.05, 0) is 37.9 Å². The predicted octanol–water partition coefficient (Wildman–Crippen LogP) is 1.78. The first kappa shape index (κ1) is 14.2. The van der Waals surface area contributed by atoms with Crippen LogP contribution >= 0.6 is 0 Å². The molecule has 0 spiro atoms. The molecule has 1 saturated heterocycles. The van der Waals surface area contributed by atoms with E-state index in [9.17, 15) is 5.11 Å². The van der Waals surface area contributed by atoms with E-state index < -0.39 is 0 Å². The van der Waals surface area contributed by atoms with Crippen LogP contribution in [0.4, 0.5) is 0 Å². The first-order valence-electron chi connectivity index (χ1n) is 6.86. The number of aliphatic hydroxyl groups is 1. The van der Waals surface area contributed by atoms with Crippen LogP contribution in [0, 0.1) is 5.92 Å². The molecule has 0 saturated carbocycles. The van der Waals surface area contributed by atoms with E-state index in [-0.39, 0.29) is 6.10 Å². The van der Waals surface area contributed by atoms with Crippen molar-refractivity contribution < 1.29 is 14.6 Å². The average molecular weight is 265 g/mol. The third kappa shape index (κ3) is 4.11. The maximum absolute atomic E-state index is 9.56. The van der Waals surface area contributed by atoms with Gasteiger partial charge in [-0.2, -0.15) is 0 Å². The SMILES string of the molecule is COc1cccc(OCCN2CCC(C(C)O)C2)c1. The van der Waals surface area contributed by atoms with Gasteiger partial charge in [-0.1, -0.05) is 6.07 Å². The number of aliphatic hydroxyl groups excluding tert-OH is 1. The highest BCUT2D eigenvalue weighted by Crippen LogP contribution is 2.20. The molecule has 1 fully saturated rings. The van der Waals surface area contributed by atoms with Crippen molar-refractivity contribution in [1.29, 1.82) is 0 Å². The molecule has 0 aromatic heterocycles. The van der Waals surface area contributed by atoms with Crippen molar-refractivity contribution in [1.82, 2.24) is 4.90 Å². The van der Waals surface area contributed by atoms with Gasteiger partial charge in [-0.15, -0.1) is 0 Å². The maximum Gasteiger partial charge on any atom is 0.123 e. The molecule has 2 unspecified atom stereocenters. The van der Waals surface area contributed by atoms with Crippen molar-refractivity contribution in [2.24, 2.45) is 5.92 Å². The van der Waals surface area contributed by atoms with Gasteiger partial charge < -0.3 is 14.6 Å². The van der Waals surface area contributed by atoms with Crippen LogP contribution in [0.2, 0.25) is 0 Å². The van der Waals surface area contributed by atoms with Gasteiger partial charge in [0.25, 0.3) is 0 Å². The molecule has 1 N–H and O–H groups in total. The summed E-state index contributed by atoms with van der Waals surface area (Å²) in [6.45, 7) is 5.47. The third-order valence-corrected chi connectivity index (χ3v) is 3.71. The number of likely N-dealkylation sites (tertiary alicyclic amines) is 1. The number of nitrogens with zero attached hydrogens (tertiary/aromatic N) is 1. The Morgan fingerprint density at radius 3 is 2.89 bits per heavy atom. The highest BCUT2D eigenvalue weighted by atomic mass is 16.5. The van der Waals surface area contributed by atoms with E-state index in [0.29, 0.717) is 12.5 Å². The fourth-order valence-electron chi connectivity index (χ4n) is 2.44. The zero-order valence-electron chi connectivity index (χ0n) is 11.7. The molecule has 0 aliphatic carbocycles. The van der Waals surface area contributed by atoms with Gasteiger partial charge in [-0.25, -0.2) is 0 Å². The highest BCUT2D eigenvalue weighted by molar-refractivity contribution is 5.32. The van der Waals surface area contributed by atoms with E-state index in [2.05, 4.69) is 4.90 Å². The Labute approximate surface area is 114 Å². The van der Waals surface area contributed by atoms with Crippen molar-refractivity contribution in [2.75, 3.05) is 33.4 Å². The second-order valence-electron chi connectivity index (χ2n) is 5.12. The summed E-state index contributed by atoms with van der Waals surface area (Å²) in [5, 5.41) is 9.56. The van der Waals surface area contributed by atoms with E-state index in [1.54, 1.807) is 7.11 Å². The fraction of sp³-hybridized carbons (Fsp3) is 0.600. The van der Waals surface area contributed by atoms with Crippen molar-refractivity contribution >= 4 is 0 Å². The molecular formula is C15H23NO3.